The standard InChI is InChI=1S/C14H17NO3/c1-9(2)13(16)15-14(17)11-5-7-12(8-6-11)18-10(3)4/h5-8,10H,1H2,2-4H3,(H,15,16,17). The van der Waals surface area contributed by atoms with Gasteiger partial charge >= 0.3 is 0 Å². The van der Waals surface area contributed by atoms with Crippen LogP contribution >= 0.6 is 0 Å². The van der Waals surface area contributed by atoms with Gasteiger partial charge in [-0.05, 0) is 45.0 Å². The Hall–Kier alpha value is -2.10. The van der Waals surface area contributed by atoms with Crippen molar-refractivity contribution in [1.29, 1.82) is 0 Å². The molecule has 18 heavy (non-hydrogen) atoms. The Morgan fingerprint density at radius 1 is 1.22 bits per heavy atom. The molecule has 0 heterocycles. The molecule has 0 aromatic heterocycles. The molecule has 0 spiro atoms. The quantitative estimate of drug-likeness (QED) is 0.831. The summed E-state index contributed by atoms with van der Waals surface area (Å²) in [5, 5.41) is 2.24. The van der Waals surface area contributed by atoms with Crippen LogP contribution in [0.5, 0.6) is 5.75 Å². The van der Waals surface area contributed by atoms with Crippen LogP contribution in [-0.4, -0.2) is 17.9 Å². The zero-order valence-electron chi connectivity index (χ0n) is 10.8. The molecule has 0 aliphatic carbocycles. The Bertz CT molecular complexity index is 460. The van der Waals surface area contributed by atoms with Gasteiger partial charge in [0.25, 0.3) is 11.8 Å². The first-order valence-corrected chi connectivity index (χ1v) is 5.68. The molecular formula is C14H17NO3. The number of carbonyl (C=O) groups excluding carboxylic acids is 2. The number of ether oxygens (including phenoxy) is 1. The number of hydrogen-bond donors (Lipinski definition) is 1. The lowest BCUT2D eigenvalue weighted by atomic mass is 10.2. The summed E-state index contributed by atoms with van der Waals surface area (Å²) in [6.45, 7) is 8.85. The molecule has 4 heteroatoms. The van der Waals surface area contributed by atoms with Crippen molar-refractivity contribution in [3.8, 4) is 5.75 Å². The first-order valence-electron chi connectivity index (χ1n) is 5.68. The van der Waals surface area contributed by atoms with Crippen molar-refractivity contribution in [2.45, 2.75) is 26.9 Å². The predicted octanol–water partition coefficient (Wildman–Crippen LogP) is 2.31. The Balaban J connectivity index is 2.70. The van der Waals surface area contributed by atoms with Crippen LogP contribution < -0.4 is 10.1 Å². The van der Waals surface area contributed by atoms with Crippen molar-refractivity contribution in [3.05, 3.63) is 42.0 Å². The van der Waals surface area contributed by atoms with E-state index in [1.54, 1.807) is 31.2 Å². The molecule has 0 saturated heterocycles. The summed E-state index contributed by atoms with van der Waals surface area (Å²) in [6, 6.07) is 6.61. The lowest BCUT2D eigenvalue weighted by molar-refractivity contribution is -0.116. The van der Waals surface area contributed by atoms with Crippen molar-refractivity contribution in [2.75, 3.05) is 0 Å². The zero-order valence-corrected chi connectivity index (χ0v) is 10.8. The fraction of sp³-hybridized carbons (Fsp3) is 0.286. The van der Waals surface area contributed by atoms with Gasteiger partial charge < -0.3 is 4.74 Å². The van der Waals surface area contributed by atoms with Gasteiger partial charge in [0.15, 0.2) is 0 Å². The van der Waals surface area contributed by atoms with Crippen LogP contribution in [-0.2, 0) is 4.79 Å². The molecule has 2 amide bonds. The normalized spacial score (nSPS) is 10.0. The van der Waals surface area contributed by atoms with Crippen molar-refractivity contribution >= 4 is 11.8 Å². The van der Waals surface area contributed by atoms with E-state index in [2.05, 4.69) is 11.9 Å². The number of imide groups is 1. The molecule has 1 aromatic rings. The summed E-state index contributed by atoms with van der Waals surface area (Å²) in [7, 11) is 0. The van der Waals surface area contributed by atoms with Gasteiger partial charge in [-0.25, -0.2) is 0 Å². The number of rotatable bonds is 4. The van der Waals surface area contributed by atoms with E-state index in [0.29, 0.717) is 16.9 Å². The maximum atomic E-state index is 11.7. The highest BCUT2D eigenvalue weighted by molar-refractivity contribution is 6.09. The first-order chi connectivity index (χ1) is 8.40. The largest absolute Gasteiger partial charge is 0.491 e. The van der Waals surface area contributed by atoms with Crippen LogP contribution in [0.15, 0.2) is 36.4 Å². The molecule has 0 aliphatic heterocycles. The van der Waals surface area contributed by atoms with Crippen molar-refractivity contribution < 1.29 is 14.3 Å². The second kappa shape index (κ2) is 6.00. The summed E-state index contributed by atoms with van der Waals surface area (Å²) in [5.41, 5.74) is 0.698. The predicted molar refractivity (Wildman–Crippen MR) is 69.5 cm³/mol. The van der Waals surface area contributed by atoms with Crippen LogP contribution in [0, 0.1) is 0 Å². The van der Waals surface area contributed by atoms with Gasteiger partial charge in [-0.1, -0.05) is 6.58 Å². The third-order valence-corrected chi connectivity index (χ3v) is 2.10. The van der Waals surface area contributed by atoms with Gasteiger partial charge in [-0.15, -0.1) is 0 Å². The second-order valence-corrected chi connectivity index (χ2v) is 4.25. The number of nitrogens with one attached hydrogen (secondary N) is 1. The van der Waals surface area contributed by atoms with Crippen molar-refractivity contribution in [1.82, 2.24) is 5.32 Å². The lowest BCUT2D eigenvalue weighted by Crippen LogP contribution is -2.30. The molecule has 0 atom stereocenters. The Morgan fingerprint density at radius 2 is 1.78 bits per heavy atom. The molecule has 0 radical (unpaired) electrons. The van der Waals surface area contributed by atoms with Crippen LogP contribution in [0.25, 0.3) is 0 Å². The van der Waals surface area contributed by atoms with E-state index in [1.807, 2.05) is 13.8 Å². The van der Waals surface area contributed by atoms with Crippen LogP contribution in [0.2, 0.25) is 0 Å². The Kier molecular flexibility index (Phi) is 4.66. The molecule has 4 nitrogen and oxygen atoms in total. The summed E-state index contributed by atoms with van der Waals surface area (Å²) >= 11 is 0. The average molecular weight is 247 g/mol. The smallest absolute Gasteiger partial charge is 0.258 e. The molecule has 1 aromatic carbocycles. The zero-order chi connectivity index (χ0) is 13.7. The highest BCUT2D eigenvalue weighted by Crippen LogP contribution is 2.13. The molecule has 0 fully saturated rings. The highest BCUT2D eigenvalue weighted by atomic mass is 16.5. The van der Waals surface area contributed by atoms with E-state index in [1.165, 1.54) is 0 Å². The van der Waals surface area contributed by atoms with Gasteiger partial charge in [0, 0.05) is 11.1 Å². The van der Waals surface area contributed by atoms with Gasteiger partial charge in [0.05, 0.1) is 6.10 Å². The molecule has 0 bridgehead atoms. The Labute approximate surface area is 107 Å². The van der Waals surface area contributed by atoms with Crippen molar-refractivity contribution in [3.63, 3.8) is 0 Å². The summed E-state index contributed by atoms with van der Waals surface area (Å²) in [5.74, 6) is -0.227. The van der Waals surface area contributed by atoms with Gasteiger partial charge in [0.2, 0.25) is 0 Å². The molecular weight excluding hydrogens is 230 g/mol. The second-order valence-electron chi connectivity index (χ2n) is 4.25. The van der Waals surface area contributed by atoms with Gasteiger partial charge in [-0.2, -0.15) is 0 Å². The van der Waals surface area contributed by atoms with Crippen LogP contribution in [0.4, 0.5) is 0 Å². The van der Waals surface area contributed by atoms with Crippen LogP contribution in [0.3, 0.4) is 0 Å². The molecule has 1 rings (SSSR count). The van der Waals surface area contributed by atoms with E-state index in [-0.39, 0.29) is 6.10 Å². The minimum atomic E-state index is -0.470. The summed E-state index contributed by atoms with van der Waals surface area (Å²) < 4.78 is 5.46. The van der Waals surface area contributed by atoms with E-state index in [4.69, 9.17) is 4.74 Å². The van der Waals surface area contributed by atoms with E-state index in [0.717, 1.165) is 0 Å². The first kappa shape index (κ1) is 14.0. The number of amides is 2. The molecule has 0 saturated carbocycles. The fourth-order valence-electron chi connectivity index (χ4n) is 1.24. The Morgan fingerprint density at radius 3 is 2.22 bits per heavy atom. The maximum absolute atomic E-state index is 11.7. The van der Waals surface area contributed by atoms with E-state index in [9.17, 15) is 9.59 Å². The van der Waals surface area contributed by atoms with Crippen molar-refractivity contribution in [2.24, 2.45) is 0 Å². The molecule has 0 unspecified atom stereocenters. The topological polar surface area (TPSA) is 55.4 Å². The third-order valence-electron chi connectivity index (χ3n) is 2.10. The van der Waals surface area contributed by atoms with Gasteiger partial charge in [-0.3, -0.25) is 14.9 Å². The van der Waals surface area contributed by atoms with E-state index >= 15 is 0 Å². The number of hydrogen-bond acceptors (Lipinski definition) is 3. The molecule has 96 valence electrons. The SMILES string of the molecule is C=C(C)C(=O)NC(=O)c1ccc(OC(C)C)cc1. The summed E-state index contributed by atoms with van der Waals surface area (Å²) in [4.78, 5) is 23.0. The fourth-order valence-corrected chi connectivity index (χ4v) is 1.24. The number of benzene rings is 1. The minimum absolute atomic E-state index is 0.0784. The summed E-state index contributed by atoms with van der Waals surface area (Å²) in [6.07, 6.45) is 0.0784. The number of carbonyl (C=O) groups is 2. The van der Waals surface area contributed by atoms with Crippen LogP contribution in [0.1, 0.15) is 31.1 Å². The lowest BCUT2D eigenvalue weighted by Gasteiger charge is -2.10. The minimum Gasteiger partial charge on any atom is -0.491 e. The van der Waals surface area contributed by atoms with E-state index < -0.39 is 11.8 Å². The molecule has 0 aliphatic rings. The average Bonchev–Trinajstić information content (AvgIpc) is 2.28. The highest BCUT2D eigenvalue weighted by Gasteiger charge is 2.10. The monoisotopic (exact) mass is 247 g/mol. The van der Waals surface area contributed by atoms with Gasteiger partial charge in [0.1, 0.15) is 5.75 Å². The third kappa shape index (κ3) is 4.05. The molecule has 1 N–H and O–H groups in total. The maximum Gasteiger partial charge on any atom is 0.258 e.